The first kappa shape index (κ1) is 20.7. The molecule has 2 nitrogen and oxygen atoms in total. The molecule has 0 fully saturated rings. The van der Waals surface area contributed by atoms with Gasteiger partial charge in [0.1, 0.15) is 0 Å². The molecule has 132 valence electrons. The minimum Gasteiger partial charge on any atom is -0.298 e. The van der Waals surface area contributed by atoms with Gasteiger partial charge in [0.15, 0.2) is 5.78 Å². The molecule has 3 atom stereocenters. The predicted octanol–water partition coefficient (Wildman–Crippen LogP) is 4.86. The molecule has 1 aromatic rings. The van der Waals surface area contributed by atoms with Crippen molar-refractivity contribution in [3.8, 4) is 11.8 Å². The highest BCUT2D eigenvalue weighted by molar-refractivity contribution is 7.08. The van der Waals surface area contributed by atoms with E-state index in [1.165, 1.54) is 0 Å². The standard InChI is InChI=1S/C21H31NOS/c1-15(2)21(23)20(22(7)16(3)4)18(6)17(5)10-8-9-11-19-12-13-24-14-19/h8,10,12-18,20H,1-7H3/b10-8-/t17-,18-,20+/m1/s1. The zero-order valence-electron chi connectivity index (χ0n) is 16.0. The van der Waals surface area contributed by atoms with E-state index in [0.29, 0.717) is 11.8 Å². The number of hydrogen-bond acceptors (Lipinski definition) is 3. The van der Waals surface area contributed by atoms with E-state index in [0.717, 1.165) is 5.56 Å². The highest BCUT2D eigenvalue weighted by Gasteiger charge is 2.33. The number of nitrogens with zero attached hydrogens (tertiary/aromatic N) is 1. The Kier molecular flexibility index (Phi) is 8.45. The van der Waals surface area contributed by atoms with Crippen LogP contribution in [0.2, 0.25) is 0 Å². The first-order valence-corrected chi connectivity index (χ1v) is 9.66. The molecular weight excluding hydrogens is 314 g/mol. The molecule has 0 spiro atoms. The molecular formula is C21H31NOS. The molecule has 0 saturated heterocycles. The highest BCUT2D eigenvalue weighted by Crippen LogP contribution is 2.24. The maximum absolute atomic E-state index is 12.7. The Morgan fingerprint density at radius 2 is 1.88 bits per heavy atom. The van der Waals surface area contributed by atoms with Crippen LogP contribution in [0.5, 0.6) is 0 Å². The number of thiophene rings is 1. The summed E-state index contributed by atoms with van der Waals surface area (Å²) < 4.78 is 0. The Balaban J connectivity index is 2.84. The van der Waals surface area contributed by atoms with Crippen molar-refractivity contribution in [3.63, 3.8) is 0 Å². The molecule has 24 heavy (non-hydrogen) atoms. The Bertz CT molecular complexity index is 589. The molecule has 3 heteroatoms. The Morgan fingerprint density at radius 3 is 2.38 bits per heavy atom. The number of ketones is 1. The van der Waals surface area contributed by atoms with Crippen molar-refractivity contribution in [2.24, 2.45) is 17.8 Å². The lowest BCUT2D eigenvalue weighted by Crippen LogP contribution is -2.49. The van der Waals surface area contributed by atoms with Crippen molar-refractivity contribution in [1.29, 1.82) is 0 Å². The van der Waals surface area contributed by atoms with Gasteiger partial charge < -0.3 is 0 Å². The molecule has 0 N–H and O–H groups in total. The monoisotopic (exact) mass is 345 g/mol. The third-order valence-corrected chi connectivity index (χ3v) is 5.35. The van der Waals surface area contributed by atoms with Crippen LogP contribution in [0.1, 0.15) is 47.1 Å². The summed E-state index contributed by atoms with van der Waals surface area (Å²) in [6.45, 7) is 12.6. The molecule has 0 aliphatic heterocycles. The fraction of sp³-hybridized carbons (Fsp3) is 0.571. The maximum Gasteiger partial charge on any atom is 0.152 e. The van der Waals surface area contributed by atoms with E-state index in [4.69, 9.17) is 0 Å². The number of hydrogen-bond donors (Lipinski definition) is 0. The van der Waals surface area contributed by atoms with Gasteiger partial charge in [-0.05, 0) is 50.3 Å². The second-order valence-electron chi connectivity index (χ2n) is 7.12. The fourth-order valence-electron chi connectivity index (χ4n) is 2.62. The van der Waals surface area contributed by atoms with Gasteiger partial charge in [-0.3, -0.25) is 9.69 Å². The van der Waals surface area contributed by atoms with Gasteiger partial charge in [-0.1, -0.05) is 45.6 Å². The third kappa shape index (κ3) is 5.92. The van der Waals surface area contributed by atoms with Gasteiger partial charge in [0.25, 0.3) is 0 Å². The molecule has 1 aromatic heterocycles. The van der Waals surface area contributed by atoms with Crippen LogP contribution < -0.4 is 0 Å². The lowest BCUT2D eigenvalue weighted by Gasteiger charge is -2.37. The van der Waals surface area contributed by atoms with Crippen LogP contribution in [0.3, 0.4) is 0 Å². The van der Waals surface area contributed by atoms with Crippen LogP contribution in [0.4, 0.5) is 0 Å². The normalized spacial score (nSPS) is 15.6. The topological polar surface area (TPSA) is 20.3 Å². The first-order valence-electron chi connectivity index (χ1n) is 8.71. The van der Waals surface area contributed by atoms with Crippen LogP contribution in [0.15, 0.2) is 29.0 Å². The lowest BCUT2D eigenvalue weighted by atomic mass is 9.82. The summed E-state index contributed by atoms with van der Waals surface area (Å²) in [4.78, 5) is 14.9. The van der Waals surface area contributed by atoms with Crippen molar-refractivity contribution < 1.29 is 4.79 Å². The molecule has 0 amide bonds. The average Bonchev–Trinajstić information content (AvgIpc) is 3.04. The van der Waals surface area contributed by atoms with Crippen molar-refractivity contribution in [3.05, 3.63) is 34.5 Å². The lowest BCUT2D eigenvalue weighted by molar-refractivity contribution is -0.129. The second kappa shape index (κ2) is 9.81. The molecule has 0 aliphatic carbocycles. The van der Waals surface area contributed by atoms with Crippen LogP contribution >= 0.6 is 11.3 Å². The quantitative estimate of drug-likeness (QED) is 0.658. The fourth-order valence-corrected chi connectivity index (χ4v) is 3.20. The number of allylic oxidation sites excluding steroid dienone is 2. The number of likely N-dealkylation sites (N-methyl/N-ethyl adjacent to an activating group) is 1. The number of carbonyl (C=O) groups excluding carboxylic acids is 1. The van der Waals surface area contributed by atoms with Gasteiger partial charge in [0, 0.05) is 22.9 Å². The van der Waals surface area contributed by atoms with Gasteiger partial charge in [-0.25, -0.2) is 0 Å². The van der Waals surface area contributed by atoms with Crippen LogP contribution in [0.25, 0.3) is 0 Å². The molecule has 1 heterocycles. The van der Waals surface area contributed by atoms with Crippen molar-refractivity contribution in [2.75, 3.05) is 7.05 Å². The van der Waals surface area contributed by atoms with Gasteiger partial charge in [0.2, 0.25) is 0 Å². The van der Waals surface area contributed by atoms with Crippen molar-refractivity contribution >= 4 is 17.1 Å². The van der Waals surface area contributed by atoms with E-state index in [1.807, 2.05) is 36.7 Å². The van der Waals surface area contributed by atoms with Gasteiger partial charge in [-0.2, -0.15) is 11.3 Å². The molecule has 0 aliphatic rings. The second-order valence-corrected chi connectivity index (χ2v) is 7.90. The summed E-state index contributed by atoms with van der Waals surface area (Å²) in [5.41, 5.74) is 1.05. The zero-order valence-corrected chi connectivity index (χ0v) is 16.9. The minimum absolute atomic E-state index is 0.0493. The van der Waals surface area contributed by atoms with E-state index in [2.05, 4.69) is 57.6 Å². The van der Waals surface area contributed by atoms with E-state index in [1.54, 1.807) is 11.3 Å². The Morgan fingerprint density at radius 1 is 1.21 bits per heavy atom. The predicted molar refractivity (Wildman–Crippen MR) is 105 cm³/mol. The highest BCUT2D eigenvalue weighted by atomic mass is 32.1. The number of carbonyl (C=O) groups is 1. The minimum atomic E-state index is -0.0607. The van der Waals surface area contributed by atoms with E-state index in [9.17, 15) is 4.79 Å². The Labute approximate surface area is 152 Å². The summed E-state index contributed by atoms with van der Waals surface area (Å²) in [6.07, 6.45) is 4.05. The Hall–Kier alpha value is -1.37. The third-order valence-electron chi connectivity index (χ3n) is 4.66. The largest absolute Gasteiger partial charge is 0.298 e. The van der Waals surface area contributed by atoms with Gasteiger partial charge in [-0.15, -0.1) is 0 Å². The summed E-state index contributed by atoms with van der Waals surface area (Å²) >= 11 is 1.65. The number of rotatable bonds is 7. The first-order chi connectivity index (χ1) is 11.3. The average molecular weight is 346 g/mol. The SMILES string of the molecule is CC(C)C(=O)[C@H]([C@H](C)[C@H](C)/C=C\C#Cc1ccsc1)N(C)C(C)C. The van der Waals surface area contributed by atoms with Crippen LogP contribution in [-0.4, -0.2) is 29.8 Å². The summed E-state index contributed by atoms with van der Waals surface area (Å²) in [5, 5.41) is 4.07. The molecule has 0 bridgehead atoms. The number of Topliss-reactive ketones (excluding diaryl/α,β-unsaturated/α-hetero) is 1. The zero-order chi connectivity index (χ0) is 18.3. The van der Waals surface area contributed by atoms with Crippen LogP contribution in [0, 0.1) is 29.6 Å². The molecule has 0 unspecified atom stereocenters. The summed E-state index contributed by atoms with van der Waals surface area (Å²) in [7, 11) is 2.05. The van der Waals surface area contributed by atoms with Gasteiger partial charge in [0.05, 0.1) is 6.04 Å². The summed E-state index contributed by atoms with van der Waals surface area (Å²) in [6, 6.07) is 2.30. The van der Waals surface area contributed by atoms with E-state index in [-0.39, 0.29) is 23.8 Å². The van der Waals surface area contributed by atoms with Crippen LogP contribution in [-0.2, 0) is 4.79 Å². The molecule has 1 rings (SSSR count). The smallest absolute Gasteiger partial charge is 0.152 e. The molecule has 0 saturated carbocycles. The van der Waals surface area contributed by atoms with E-state index < -0.39 is 0 Å². The maximum atomic E-state index is 12.7. The molecule has 0 radical (unpaired) electrons. The van der Waals surface area contributed by atoms with Crippen molar-refractivity contribution in [2.45, 2.75) is 53.6 Å². The molecule has 0 aromatic carbocycles. The van der Waals surface area contributed by atoms with E-state index >= 15 is 0 Å². The summed E-state index contributed by atoms with van der Waals surface area (Å²) in [5.74, 6) is 7.12. The van der Waals surface area contributed by atoms with Gasteiger partial charge >= 0.3 is 0 Å². The van der Waals surface area contributed by atoms with Crippen molar-refractivity contribution in [1.82, 2.24) is 4.90 Å².